The first-order valence-corrected chi connectivity index (χ1v) is 8.19. The number of carbonyl (C=O) groups is 1. The van der Waals surface area contributed by atoms with Gasteiger partial charge in [-0.05, 0) is 18.9 Å². The number of unbranched alkanes of at least 4 members (excludes halogenated alkanes) is 1. The fourth-order valence-corrected chi connectivity index (χ4v) is 2.47. The number of amides is 1. The van der Waals surface area contributed by atoms with Gasteiger partial charge in [-0.15, -0.1) is 0 Å². The molecule has 1 aromatic carbocycles. The molecule has 0 spiro atoms. The van der Waals surface area contributed by atoms with E-state index >= 15 is 0 Å². The van der Waals surface area contributed by atoms with Gasteiger partial charge in [-0.3, -0.25) is 4.79 Å². The summed E-state index contributed by atoms with van der Waals surface area (Å²) in [6.45, 7) is 1.34. The number of benzene rings is 1. The van der Waals surface area contributed by atoms with Crippen LogP contribution in [0.3, 0.4) is 0 Å². The van der Waals surface area contributed by atoms with E-state index in [-0.39, 0.29) is 12.5 Å². The van der Waals surface area contributed by atoms with Crippen molar-refractivity contribution in [3.63, 3.8) is 0 Å². The van der Waals surface area contributed by atoms with E-state index < -0.39 is 0 Å². The highest BCUT2D eigenvalue weighted by Crippen LogP contribution is 2.33. The van der Waals surface area contributed by atoms with E-state index in [0.29, 0.717) is 27.4 Å². The summed E-state index contributed by atoms with van der Waals surface area (Å²) in [5, 5.41) is 3.76. The number of nitrogens with zero attached hydrogens (tertiary/aromatic N) is 2. The van der Waals surface area contributed by atoms with Crippen molar-refractivity contribution in [3.05, 3.63) is 45.9 Å². The number of carbonyl (C=O) groups excluding carboxylic acids is 1. The molecule has 1 heterocycles. The van der Waals surface area contributed by atoms with Gasteiger partial charge in [-0.25, -0.2) is 4.98 Å². The number of aromatic nitrogens is 2. The summed E-state index contributed by atoms with van der Waals surface area (Å²) < 4.78 is 7.35. The predicted octanol–water partition coefficient (Wildman–Crippen LogP) is 3.82. The van der Waals surface area contributed by atoms with Crippen molar-refractivity contribution in [2.24, 2.45) is 0 Å². The molecule has 2 aromatic rings. The van der Waals surface area contributed by atoms with Crippen LogP contribution in [0.25, 0.3) is 0 Å². The predicted molar refractivity (Wildman–Crippen MR) is 91.4 cm³/mol. The fourth-order valence-electron chi connectivity index (χ4n) is 1.88. The lowest BCUT2D eigenvalue weighted by Crippen LogP contribution is -2.29. The Hall–Kier alpha value is -1.43. The van der Waals surface area contributed by atoms with Gasteiger partial charge in [0.1, 0.15) is 5.75 Å². The van der Waals surface area contributed by atoms with E-state index in [0.717, 1.165) is 19.4 Å². The van der Waals surface area contributed by atoms with Crippen LogP contribution in [0.2, 0.25) is 15.1 Å². The number of hydrogen-bond acceptors (Lipinski definition) is 3. The first-order valence-electron chi connectivity index (χ1n) is 7.06. The molecule has 0 bridgehead atoms. The van der Waals surface area contributed by atoms with E-state index in [9.17, 15) is 4.79 Å². The minimum atomic E-state index is -0.213. The summed E-state index contributed by atoms with van der Waals surface area (Å²) in [6.07, 6.45) is 7.25. The highest BCUT2D eigenvalue weighted by Gasteiger charge is 2.09. The fraction of sp³-hybridized carbons (Fsp3) is 0.333. The zero-order chi connectivity index (χ0) is 16.7. The number of halogens is 3. The number of nitrogens with one attached hydrogen (secondary N) is 1. The lowest BCUT2D eigenvalue weighted by molar-refractivity contribution is -0.123. The second-order valence-corrected chi connectivity index (χ2v) is 6.06. The molecule has 0 aliphatic rings. The zero-order valence-corrected chi connectivity index (χ0v) is 14.5. The van der Waals surface area contributed by atoms with Crippen LogP contribution in [0, 0.1) is 0 Å². The summed E-state index contributed by atoms with van der Waals surface area (Å²) in [5.41, 5.74) is 0. The van der Waals surface area contributed by atoms with Crippen LogP contribution < -0.4 is 10.1 Å². The third-order valence-corrected chi connectivity index (χ3v) is 4.08. The Balaban J connectivity index is 1.64. The Kier molecular flexibility index (Phi) is 7.02. The van der Waals surface area contributed by atoms with E-state index in [4.69, 9.17) is 39.5 Å². The monoisotopic (exact) mass is 375 g/mol. The number of hydrogen-bond donors (Lipinski definition) is 1. The van der Waals surface area contributed by atoms with Gasteiger partial charge >= 0.3 is 0 Å². The standard InChI is InChI=1S/C15H16Cl3N3O2/c16-11-7-13(18)14(8-12(11)17)23-9-15(22)20-3-1-2-5-21-6-4-19-10-21/h4,6-8,10H,1-3,5,9H2,(H,20,22). The van der Waals surface area contributed by atoms with Crippen molar-refractivity contribution in [1.82, 2.24) is 14.9 Å². The number of imidazole rings is 1. The van der Waals surface area contributed by atoms with Crippen LogP contribution in [0.1, 0.15) is 12.8 Å². The molecule has 0 fully saturated rings. The van der Waals surface area contributed by atoms with Gasteiger partial charge in [0, 0.05) is 31.5 Å². The van der Waals surface area contributed by atoms with Crippen LogP contribution in [-0.4, -0.2) is 28.6 Å². The third kappa shape index (κ3) is 5.94. The number of aryl methyl sites for hydroxylation is 1. The maximum absolute atomic E-state index is 11.7. The van der Waals surface area contributed by atoms with Crippen molar-refractivity contribution < 1.29 is 9.53 Å². The lowest BCUT2D eigenvalue weighted by atomic mass is 10.3. The lowest BCUT2D eigenvalue weighted by Gasteiger charge is -2.10. The average Bonchev–Trinajstić information content (AvgIpc) is 3.02. The number of rotatable bonds is 8. The van der Waals surface area contributed by atoms with Crippen molar-refractivity contribution in [2.75, 3.05) is 13.2 Å². The van der Waals surface area contributed by atoms with Crippen molar-refractivity contribution in [3.8, 4) is 5.75 Å². The SMILES string of the molecule is O=C(COc1cc(Cl)c(Cl)cc1Cl)NCCCCn1ccnc1. The van der Waals surface area contributed by atoms with Crippen LogP contribution in [-0.2, 0) is 11.3 Å². The molecule has 1 amide bonds. The highest BCUT2D eigenvalue weighted by molar-refractivity contribution is 6.43. The largest absolute Gasteiger partial charge is 0.482 e. The van der Waals surface area contributed by atoms with Crippen molar-refractivity contribution in [2.45, 2.75) is 19.4 Å². The molecule has 0 aliphatic carbocycles. The summed E-state index contributed by atoms with van der Waals surface area (Å²) >= 11 is 17.7. The quantitative estimate of drug-likeness (QED) is 0.563. The van der Waals surface area contributed by atoms with Crippen molar-refractivity contribution in [1.29, 1.82) is 0 Å². The Morgan fingerprint density at radius 2 is 1.96 bits per heavy atom. The second-order valence-electron chi connectivity index (χ2n) is 4.84. The maximum Gasteiger partial charge on any atom is 0.257 e. The van der Waals surface area contributed by atoms with Crippen LogP contribution in [0.15, 0.2) is 30.9 Å². The first-order chi connectivity index (χ1) is 11.1. The smallest absolute Gasteiger partial charge is 0.257 e. The Morgan fingerprint density at radius 1 is 1.17 bits per heavy atom. The number of ether oxygens (including phenoxy) is 1. The maximum atomic E-state index is 11.7. The first kappa shape index (κ1) is 17.9. The minimum Gasteiger partial charge on any atom is -0.482 e. The van der Waals surface area contributed by atoms with Gasteiger partial charge in [0.25, 0.3) is 5.91 Å². The Morgan fingerprint density at radius 3 is 2.70 bits per heavy atom. The summed E-state index contributed by atoms with van der Waals surface area (Å²) in [6, 6.07) is 2.97. The molecule has 0 radical (unpaired) electrons. The molecule has 1 N–H and O–H groups in total. The van der Waals surface area contributed by atoms with Gasteiger partial charge in [0.2, 0.25) is 0 Å². The third-order valence-electron chi connectivity index (χ3n) is 3.06. The Labute approximate surface area is 149 Å². The molecule has 8 heteroatoms. The summed E-state index contributed by atoms with van der Waals surface area (Å²) in [4.78, 5) is 15.7. The Bertz CT molecular complexity index is 648. The molecule has 0 saturated carbocycles. The van der Waals surface area contributed by atoms with Crippen LogP contribution in [0.4, 0.5) is 0 Å². The minimum absolute atomic E-state index is 0.126. The van der Waals surface area contributed by atoms with Gasteiger partial charge in [-0.1, -0.05) is 34.8 Å². The average molecular weight is 377 g/mol. The van der Waals surface area contributed by atoms with Crippen LogP contribution >= 0.6 is 34.8 Å². The van der Waals surface area contributed by atoms with Crippen LogP contribution in [0.5, 0.6) is 5.75 Å². The van der Waals surface area contributed by atoms with Gasteiger partial charge in [0.05, 0.1) is 21.4 Å². The molecular weight excluding hydrogens is 361 g/mol. The molecule has 2 rings (SSSR count). The van der Waals surface area contributed by atoms with Crippen molar-refractivity contribution >= 4 is 40.7 Å². The van der Waals surface area contributed by atoms with Gasteiger partial charge < -0.3 is 14.6 Å². The van der Waals surface area contributed by atoms with E-state index in [2.05, 4.69) is 10.3 Å². The van der Waals surface area contributed by atoms with E-state index in [1.54, 1.807) is 12.5 Å². The van der Waals surface area contributed by atoms with E-state index in [1.807, 2.05) is 10.8 Å². The topological polar surface area (TPSA) is 56.1 Å². The molecule has 5 nitrogen and oxygen atoms in total. The molecule has 0 unspecified atom stereocenters. The molecule has 0 saturated heterocycles. The molecule has 124 valence electrons. The highest BCUT2D eigenvalue weighted by atomic mass is 35.5. The molecule has 23 heavy (non-hydrogen) atoms. The summed E-state index contributed by atoms with van der Waals surface area (Å²) in [7, 11) is 0. The second kappa shape index (κ2) is 9.01. The molecular formula is C15H16Cl3N3O2. The molecule has 0 atom stereocenters. The zero-order valence-electron chi connectivity index (χ0n) is 12.3. The summed E-state index contributed by atoms with van der Waals surface area (Å²) in [5.74, 6) is 0.117. The molecule has 0 aliphatic heterocycles. The normalized spacial score (nSPS) is 10.6. The van der Waals surface area contributed by atoms with E-state index in [1.165, 1.54) is 12.1 Å². The molecule has 1 aromatic heterocycles. The van der Waals surface area contributed by atoms with Gasteiger partial charge in [-0.2, -0.15) is 0 Å². The van der Waals surface area contributed by atoms with Gasteiger partial charge in [0.15, 0.2) is 6.61 Å².